The van der Waals surface area contributed by atoms with E-state index in [1.165, 1.54) is 5.56 Å². The Morgan fingerprint density at radius 2 is 1.13 bits per heavy atom. The summed E-state index contributed by atoms with van der Waals surface area (Å²) < 4.78 is 5.37. The molecule has 2 N–H and O–H groups in total. The fraction of sp³-hybridized carbons (Fsp3) is 0.250. The van der Waals surface area contributed by atoms with Gasteiger partial charge in [0.1, 0.15) is 0 Å². The zero-order valence-electron chi connectivity index (χ0n) is 17.5. The van der Waals surface area contributed by atoms with Crippen LogP contribution < -0.4 is 4.52 Å². The molecule has 0 saturated heterocycles. The summed E-state index contributed by atoms with van der Waals surface area (Å²) in [6, 6.07) is 25.8. The van der Waals surface area contributed by atoms with Gasteiger partial charge in [0.25, 0.3) is 0 Å². The van der Waals surface area contributed by atoms with E-state index in [1.54, 1.807) is 6.07 Å². The normalized spacial score (nSPS) is 14.1. The van der Waals surface area contributed by atoms with Crippen molar-refractivity contribution in [2.24, 2.45) is 0 Å². The molecule has 160 valence electrons. The van der Waals surface area contributed by atoms with Crippen LogP contribution in [0.4, 0.5) is 0 Å². The number of halogens is 2. The van der Waals surface area contributed by atoms with Crippen molar-refractivity contribution in [2.75, 3.05) is 0 Å². The molecular formula is C24H27Cl2O3P. The molecule has 0 heterocycles. The van der Waals surface area contributed by atoms with Crippen molar-refractivity contribution in [2.45, 2.75) is 38.5 Å². The van der Waals surface area contributed by atoms with E-state index in [-0.39, 0.29) is 11.2 Å². The summed E-state index contributed by atoms with van der Waals surface area (Å²) in [5, 5.41) is 0. The maximum atomic E-state index is 10.00. The van der Waals surface area contributed by atoms with Crippen LogP contribution in [0.3, 0.4) is 0 Å². The van der Waals surface area contributed by atoms with E-state index >= 15 is 0 Å². The number of benzene rings is 3. The van der Waals surface area contributed by atoms with Crippen LogP contribution in [-0.2, 0) is 10.8 Å². The summed E-state index contributed by atoms with van der Waals surface area (Å²) >= 11 is 11.4. The Labute approximate surface area is 188 Å². The van der Waals surface area contributed by atoms with Crippen molar-refractivity contribution in [1.82, 2.24) is 0 Å². The summed E-state index contributed by atoms with van der Waals surface area (Å²) in [6.07, 6.45) is 0. The van der Waals surface area contributed by atoms with E-state index in [9.17, 15) is 9.79 Å². The van der Waals surface area contributed by atoms with Gasteiger partial charge >= 0.3 is 188 Å². The average Bonchev–Trinajstić information content (AvgIpc) is 2.67. The molecule has 0 bridgehead atoms. The molecule has 0 saturated carbocycles. The van der Waals surface area contributed by atoms with E-state index in [0.29, 0.717) is 0 Å². The third-order valence-electron chi connectivity index (χ3n) is 5.61. The summed E-state index contributed by atoms with van der Waals surface area (Å²) in [7, 11) is 0. The molecular weight excluding hydrogens is 438 g/mol. The topological polar surface area (TPSA) is 49.7 Å². The van der Waals surface area contributed by atoms with Crippen LogP contribution in [0.15, 0.2) is 78.9 Å². The summed E-state index contributed by atoms with van der Waals surface area (Å²) in [6.45, 7) is 8.41. The van der Waals surface area contributed by atoms with Crippen LogP contribution in [0.25, 0.3) is 0 Å². The molecule has 0 aromatic heterocycles. The molecule has 30 heavy (non-hydrogen) atoms. The summed E-state index contributed by atoms with van der Waals surface area (Å²) in [5.74, 6) is -5.02. The Balaban J connectivity index is 2.20. The molecule has 0 unspecified atom stereocenters. The van der Waals surface area contributed by atoms with Gasteiger partial charge in [-0.15, -0.1) is 0 Å². The number of hydrogen-bond donors (Lipinski definition) is 2. The van der Waals surface area contributed by atoms with Gasteiger partial charge in [-0.25, -0.2) is 0 Å². The Morgan fingerprint density at radius 3 is 1.60 bits per heavy atom. The molecule has 3 nitrogen and oxygen atoms in total. The van der Waals surface area contributed by atoms with Crippen molar-refractivity contribution in [3.8, 4) is 5.75 Å². The van der Waals surface area contributed by atoms with Crippen molar-refractivity contribution >= 4 is 28.5 Å². The predicted octanol–water partition coefficient (Wildman–Crippen LogP) is 7.31. The maximum absolute atomic E-state index is 10.00. The number of rotatable bonds is 6. The van der Waals surface area contributed by atoms with Gasteiger partial charge in [-0.05, 0) is 0 Å². The van der Waals surface area contributed by atoms with E-state index in [1.807, 2.05) is 60.7 Å². The van der Waals surface area contributed by atoms with Gasteiger partial charge in [0.05, 0.1) is 0 Å². The Hall–Kier alpha value is -1.61. The fourth-order valence-corrected chi connectivity index (χ4v) is 4.61. The monoisotopic (exact) mass is 464 g/mol. The molecule has 0 radical (unpaired) electrons. The van der Waals surface area contributed by atoms with Gasteiger partial charge in [0.15, 0.2) is 0 Å². The molecule has 0 fully saturated rings. The van der Waals surface area contributed by atoms with Crippen molar-refractivity contribution in [3.05, 3.63) is 101 Å². The van der Waals surface area contributed by atoms with Gasteiger partial charge in [-0.1, -0.05) is 0 Å². The average molecular weight is 465 g/mol. The second kappa shape index (κ2) is 7.82. The van der Waals surface area contributed by atoms with Crippen LogP contribution in [-0.4, -0.2) is 9.79 Å². The first kappa shape index (κ1) is 23.1. The van der Waals surface area contributed by atoms with Crippen LogP contribution in [0.5, 0.6) is 5.75 Å². The van der Waals surface area contributed by atoms with E-state index in [4.69, 9.17) is 27.0 Å². The molecule has 3 rings (SSSR count). The first-order valence-electron chi connectivity index (χ1n) is 9.68. The number of hydrogen-bond acceptors (Lipinski definition) is 3. The van der Waals surface area contributed by atoms with Crippen molar-refractivity contribution in [1.29, 1.82) is 0 Å². The van der Waals surface area contributed by atoms with Crippen LogP contribution >= 0.6 is 28.5 Å². The van der Waals surface area contributed by atoms with Crippen LogP contribution in [0, 0.1) is 0 Å². The Bertz CT molecular complexity index is 1020. The van der Waals surface area contributed by atoms with Crippen LogP contribution in [0.1, 0.15) is 49.9 Å². The van der Waals surface area contributed by atoms with Gasteiger partial charge in [-0.3, -0.25) is 0 Å². The summed E-state index contributed by atoms with van der Waals surface area (Å²) in [4.78, 5) is 20.0. The fourth-order valence-electron chi connectivity index (χ4n) is 3.68. The third kappa shape index (κ3) is 5.17. The first-order chi connectivity index (χ1) is 13.8. The molecule has 0 aliphatic heterocycles. The predicted molar refractivity (Wildman–Crippen MR) is 127 cm³/mol. The Morgan fingerprint density at radius 1 is 0.667 bits per heavy atom. The van der Waals surface area contributed by atoms with Gasteiger partial charge < -0.3 is 0 Å². The SMILES string of the molecule is CC(C)(c1ccccc1)c1ccc(OP(O)(O)(Cl)Cl)c(C(C)(C)c2ccccc2)c1. The molecule has 0 aliphatic rings. The van der Waals surface area contributed by atoms with E-state index in [0.717, 1.165) is 16.7 Å². The van der Waals surface area contributed by atoms with Gasteiger partial charge in [0, 0.05) is 0 Å². The molecule has 0 spiro atoms. The van der Waals surface area contributed by atoms with E-state index < -0.39 is 11.4 Å². The van der Waals surface area contributed by atoms with Crippen molar-refractivity contribution < 1.29 is 14.3 Å². The van der Waals surface area contributed by atoms with Gasteiger partial charge in [-0.2, -0.15) is 0 Å². The molecule has 3 aromatic rings. The standard InChI is InChI=1S/C24H27Cl2O3P/c1-23(2,18-11-7-5-8-12-18)20-15-16-22(29-30(25,26,27)28)21(17-20)24(3,4)19-13-9-6-10-14-19/h5-17,27-28H,1-4H3. The minimum absolute atomic E-state index is 0.240. The first-order valence-corrected chi connectivity index (χ1v) is 13.6. The molecule has 6 heteroatoms. The quantitative estimate of drug-likeness (QED) is 0.376. The third-order valence-corrected chi connectivity index (χ3v) is 6.53. The van der Waals surface area contributed by atoms with E-state index in [2.05, 4.69) is 39.8 Å². The molecule has 0 atom stereocenters. The zero-order valence-corrected chi connectivity index (χ0v) is 19.9. The molecule has 0 aliphatic carbocycles. The minimum atomic E-state index is -5.26. The second-order valence-electron chi connectivity index (χ2n) is 8.54. The second-order valence-corrected chi connectivity index (χ2v) is 14.4. The zero-order chi connectivity index (χ0) is 22.2. The Kier molecular flexibility index (Phi) is 6.01. The van der Waals surface area contributed by atoms with Crippen LogP contribution in [0.2, 0.25) is 0 Å². The van der Waals surface area contributed by atoms with Crippen molar-refractivity contribution in [3.63, 3.8) is 0 Å². The van der Waals surface area contributed by atoms with Gasteiger partial charge in [0.2, 0.25) is 0 Å². The molecule has 0 amide bonds. The summed E-state index contributed by atoms with van der Waals surface area (Å²) in [5.41, 5.74) is 3.23. The molecule has 3 aromatic carbocycles.